The van der Waals surface area contributed by atoms with Gasteiger partial charge in [-0.2, -0.15) is 0 Å². The van der Waals surface area contributed by atoms with E-state index >= 15 is 0 Å². The first kappa shape index (κ1) is 12.1. The molecule has 0 saturated heterocycles. The Morgan fingerprint density at radius 2 is 1.71 bits per heavy atom. The third-order valence-corrected chi connectivity index (χ3v) is 2.88. The zero-order chi connectivity index (χ0) is 12.3. The molecule has 0 bridgehead atoms. The highest BCUT2D eigenvalue weighted by Gasteiger charge is 2.02. The minimum Gasteiger partial charge on any atom is -0.497 e. The summed E-state index contributed by atoms with van der Waals surface area (Å²) in [6.07, 6.45) is 0. The van der Waals surface area contributed by atoms with Crippen LogP contribution in [0.1, 0.15) is 0 Å². The van der Waals surface area contributed by atoms with E-state index in [0.29, 0.717) is 10.0 Å². The summed E-state index contributed by atoms with van der Waals surface area (Å²) in [6, 6.07) is 12.9. The van der Waals surface area contributed by atoms with Crippen molar-refractivity contribution in [3.63, 3.8) is 0 Å². The molecule has 0 atom stereocenters. The molecule has 2 aromatic rings. The number of ether oxygens (including phenoxy) is 1. The van der Waals surface area contributed by atoms with Gasteiger partial charge >= 0.3 is 0 Å². The van der Waals surface area contributed by atoms with Crippen molar-refractivity contribution in [2.75, 3.05) is 12.4 Å². The molecular weight excluding hydrogens is 257 g/mol. The maximum atomic E-state index is 6.09. The highest BCUT2D eigenvalue weighted by molar-refractivity contribution is 6.33. The van der Waals surface area contributed by atoms with Gasteiger partial charge in [-0.3, -0.25) is 0 Å². The van der Waals surface area contributed by atoms with Gasteiger partial charge in [-0.05, 0) is 36.4 Å². The largest absolute Gasteiger partial charge is 0.497 e. The molecule has 0 spiro atoms. The minimum absolute atomic E-state index is 0.640. The Labute approximate surface area is 110 Å². The van der Waals surface area contributed by atoms with Gasteiger partial charge in [0.25, 0.3) is 0 Å². The number of hydrogen-bond donors (Lipinski definition) is 1. The predicted octanol–water partition coefficient (Wildman–Crippen LogP) is 4.75. The molecule has 88 valence electrons. The summed E-state index contributed by atoms with van der Waals surface area (Å²) < 4.78 is 5.15. The quantitative estimate of drug-likeness (QED) is 0.867. The van der Waals surface area contributed by atoms with E-state index in [4.69, 9.17) is 27.9 Å². The Bertz CT molecular complexity index is 511. The smallest absolute Gasteiger partial charge is 0.121 e. The molecule has 2 rings (SSSR count). The predicted molar refractivity (Wildman–Crippen MR) is 72.7 cm³/mol. The standard InChI is InChI=1S/C13H11Cl2NO/c1-17-11-6-7-12(15)13(8-11)16-10-4-2-9(14)3-5-10/h2-8,16H,1H3. The molecule has 0 heterocycles. The number of rotatable bonds is 3. The lowest BCUT2D eigenvalue weighted by Crippen LogP contribution is -1.92. The number of benzene rings is 2. The van der Waals surface area contributed by atoms with Gasteiger partial charge < -0.3 is 10.1 Å². The van der Waals surface area contributed by atoms with Crippen molar-refractivity contribution in [3.05, 3.63) is 52.5 Å². The average molecular weight is 268 g/mol. The average Bonchev–Trinajstić information content (AvgIpc) is 2.35. The van der Waals surface area contributed by atoms with Gasteiger partial charge in [0.1, 0.15) is 5.75 Å². The second kappa shape index (κ2) is 5.30. The summed E-state index contributed by atoms with van der Waals surface area (Å²) in [5.41, 5.74) is 1.72. The van der Waals surface area contributed by atoms with Crippen LogP contribution in [0.5, 0.6) is 5.75 Å². The molecule has 2 aromatic carbocycles. The molecule has 17 heavy (non-hydrogen) atoms. The molecule has 0 unspecified atom stereocenters. The molecule has 0 amide bonds. The first-order valence-corrected chi connectivity index (χ1v) is 5.81. The van der Waals surface area contributed by atoms with Crippen molar-refractivity contribution in [2.45, 2.75) is 0 Å². The summed E-state index contributed by atoms with van der Waals surface area (Å²) >= 11 is 11.9. The van der Waals surface area contributed by atoms with Crippen molar-refractivity contribution in [1.29, 1.82) is 0 Å². The van der Waals surface area contributed by atoms with E-state index in [9.17, 15) is 0 Å². The summed E-state index contributed by atoms with van der Waals surface area (Å²) in [7, 11) is 1.62. The SMILES string of the molecule is COc1ccc(Cl)c(Nc2ccc(Cl)cc2)c1. The van der Waals surface area contributed by atoms with Gasteiger partial charge in [-0.15, -0.1) is 0 Å². The first-order valence-electron chi connectivity index (χ1n) is 5.05. The second-order valence-electron chi connectivity index (χ2n) is 3.48. The van der Waals surface area contributed by atoms with Crippen LogP contribution in [0.2, 0.25) is 10.0 Å². The molecule has 0 aromatic heterocycles. The number of methoxy groups -OCH3 is 1. The van der Waals surface area contributed by atoms with E-state index in [2.05, 4.69) is 5.32 Å². The van der Waals surface area contributed by atoms with Crippen LogP contribution in [0.25, 0.3) is 0 Å². The third-order valence-electron chi connectivity index (χ3n) is 2.30. The van der Waals surface area contributed by atoms with Crippen LogP contribution >= 0.6 is 23.2 Å². The highest BCUT2D eigenvalue weighted by atomic mass is 35.5. The molecule has 0 aliphatic carbocycles. The number of anilines is 2. The maximum absolute atomic E-state index is 6.09. The zero-order valence-corrected chi connectivity index (χ0v) is 10.7. The molecule has 0 aliphatic heterocycles. The van der Waals surface area contributed by atoms with Crippen molar-refractivity contribution in [3.8, 4) is 5.75 Å². The Morgan fingerprint density at radius 1 is 1.00 bits per heavy atom. The second-order valence-corrected chi connectivity index (χ2v) is 4.32. The van der Waals surface area contributed by atoms with Crippen LogP contribution in [0.4, 0.5) is 11.4 Å². The van der Waals surface area contributed by atoms with Crippen LogP contribution in [0.15, 0.2) is 42.5 Å². The number of hydrogen-bond acceptors (Lipinski definition) is 2. The van der Waals surface area contributed by atoms with E-state index in [1.807, 2.05) is 36.4 Å². The van der Waals surface area contributed by atoms with E-state index in [-0.39, 0.29) is 0 Å². The van der Waals surface area contributed by atoms with Gasteiger partial charge in [-0.25, -0.2) is 0 Å². The fourth-order valence-corrected chi connectivity index (χ4v) is 1.71. The normalized spacial score (nSPS) is 10.1. The lowest BCUT2D eigenvalue weighted by molar-refractivity contribution is 0.415. The molecular formula is C13H11Cl2NO. The Hall–Kier alpha value is -1.38. The fraction of sp³-hybridized carbons (Fsp3) is 0.0769. The van der Waals surface area contributed by atoms with Gasteiger partial charge in [0.05, 0.1) is 17.8 Å². The Morgan fingerprint density at radius 3 is 2.35 bits per heavy atom. The topological polar surface area (TPSA) is 21.3 Å². The monoisotopic (exact) mass is 267 g/mol. The number of halogens is 2. The van der Waals surface area contributed by atoms with E-state index in [1.54, 1.807) is 13.2 Å². The van der Waals surface area contributed by atoms with Crippen LogP contribution in [0.3, 0.4) is 0 Å². The summed E-state index contributed by atoms with van der Waals surface area (Å²) in [4.78, 5) is 0. The molecule has 4 heteroatoms. The Balaban J connectivity index is 2.25. The van der Waals surface area contributed by atoms with E-state index in [1.165, 1.54) is 0 Å². The molecule has 0 fully saturated rings. The van der Waals surface area contributed by atoms with Crippen LogP contribution in [-0.4, -0.2) is 7.11 Å². The lowest BCUT2D eigenvalue weighted by atomic mass is 10.2. The van der Waals surface area contributed by atoms with Crippen molar-refractivity contribution >= 4 is 34.6 Å². The zero-order valence-electron chi connectivity index (χ0n) is 9.21. The first-order chi connectivity index (χ1) is 8.19. The summed E-state index contributed by atoms with van der Waals surface area (Å²) in [6.45, 7) is 0. The molecule has 1 N–H and O–H groups in total. The summed E-state index contributed by atoms with van der Waals surface area (Å²) in [5, 5.41) is 4.54. The Kier molecular flexibility index (Phi) is 3.77. The summed E-state index contributed by atoms with van der Waals surface area (Å²) in [5.74, 6) is 0.755. The van der Waals surface area contributed by atoms with Crippen LogP contribution < -0.4 is 10.1 Å². The van der Waals surface area contributed by atoms with Crippen LogP contribution in [-0.2, 0) is 0 Å². The van der Waals surface area contributed by atoms with Gasteiger partial charge in [0, 0.05) is 16.8 Å². The molecule has 0 radical (unpaired) electrons. The molecule has 0 aliphatic rings. The van der Waals surface area contributed by atoms with Gasteiger partial charge in [-0.1, -0.05) is 23.2 Å². The molecule has 0 saturated carbocycles. The minimum atomic E-state index is 0.640. The number of nitrogens with one attached hydrogen (secondary N) is 1. The van der Waals surface area contributed by atoms with Crippen molar-refractivity contribution in [1.82, 2.24) is 0 Å². The van der Waals surface area contributed by atoms with Gasteiger partial charge in [0.15, 0.2) is 0 Å². The van der Waals surface area contributed by atoms with Crippen molar-refractivity contribution in [2.24, 2.45) is 0 Å². The fourth-order valence-electron chi connectivity index (χ4n) is 1.42. The lowest BCUT2D eigenvalue weighted by Gasteiger charge is -2.10. The highest BCUT2D eigenvalue weighted by Crippen LogP contribution is 2.29. The maximum Gasteiger partial charge on any atom is 0.121 e. The van der Waals surface area contributed by atoms with Crippen LogP contribution in [0, 0.1) is 0 Å². The van der Waals surface area contributed by atoms with Crippen molar-refractivity contribution < 1.29 is 4.74 Å². The molecule has 2 nitrogen and oxygen atoms in total. The van der Waals surface area contributed by atoms with Gasteiger partial charge in [0.2, 0.25) is 0 Å². The van der Waals surface area contributed by atoms with E-state index in [0.717, 1.165) is 17.1 Å². The van der Waals surface area contributed by atoms with E-state index < -0.39 is 0 Å². The third kappa shape index (κ3) is 3.05.